The molecule has 0 saturated heterocycles. The van der Waals surface area contributed by atoms with Crippen molar-refractivity contribution in [1.29, 1.82) is 0 Å². The summed E-state index contributed by atoms with van der Waals surface area (Å²) < 4.78 is 0. The van der Waals surface area contributed by atoms with Crippen LogP contribution in [0.2, 0.25) is 0 Å². The first kappa shape index (κ1) is 24.9. The summed E-state index contributed by atoms with van der Waals surface area (Å²) in [6.07, 6.45) is 0.328. The molecule has 0 spiro atoms. The number of anilines is 1. The molecular weight excluding hydrogens is 454 g/mol. The number of nitrogens with zero attached hydrogens (tertiary/aromatic N) is 2. The lowest BCUT2D eigenvalue weighted by Gasteiger charge is -2.50. The zero-order valence-electron chi connectivity index (χ0n) is 20.4. The fraction of sp³-hybridized carbons (Fsp3) is 0.480. The SMILES string of the molecule is CC(=O)C1=C(O)[C@@H](N(C)C)C2CC3Cc4c(N(C)C)cc(CN)c(O)c4C(=O)C3=C(O)[C@]2(O)C1=O. The average Bonchev–Trinajstić information content (AvgIpc) is 2.75. The first-order valence-corrected chi connectivity index (χ1v) is 11.4. The minimum absolute atomic E-state index is 0.0194. The number of Topliss-reactive ketones (excluding diaryl/α,β-unsaturated/α-hetero) is 3. The lowest BCUT2D eigenvalue weighted by atomic mass is 9.58. The summed E-state index contributed by atoms with van der Waals surface area (Å²) >= 11 is 0. The maximum absolute atomic E-state index is 13.7. The van der Waals surface area contributed by atoms with Gasteiger partial charge in [0.25, 0.3) is 0 Å². The fourth-order valence-corrected chi connectivity index (χ4v) is 6.01. The van der Waals surface area contributed by atoms with Gasteiger partial charge in [-0.25, -0.2) is 0 Å². The molecule has 0 saturated carbocycles. The van der Waals surface area contributed by atoms with Crippen molar-refractivity contribution in [3.63, 3.8) is 0 Å². The van der Waals surface area contributed by atoms with Crippen molar-refractivity contribution >= 4 is 23.0 Å². The van der Waals surface area contributed by atoms with Crippen LogP contribution in [0.3, 0.4) is 0 Å². The molecule has 10 heteroatoms. The summed E-state index contributed by atoms with van der Waals surface area (Å²) in [5.41, 5.74) is 4.04. The predicted octanol–water partition coefficient (Wildman–Crippen LogP) is 0.749. The topological polar surface area (TPSA) is 165 Å². The first-order chi connectivity index (χ1) is 16.3. The van der Waals surface area contributed by atoms with Crippen LogP contribution in [0.15, 0.2) is 28.7 Å². The van der Waals surface area contributed by atoms with Gasteiger partial charge in [0.1, 0.15) is 22.8 Å². The summed E-state index contributed by atoms with van der Waals surface area (Å²) in [6, 6.07) is 0.772. The number of benzene rings is 1. The summed E-state index contributed by atoms with van der Waals surface area (Å²) in [7, 11) is 6.85. The number of aliphatic hydroxyl groups is 3. The minimum atomic E-state index is -2.58. The number of nitrogens with two attached hydrogens (primary N) is 1. The van der Waals surface area contributed by atoms with Gasteiger partial charge in [0.2, 0.25) is 5.78 Å². The zero-order valence-corrected chi connectivity index (χ0v) is 20.4. The standard InChI is InChI=1S/C25H31N3O7/c1-10(29)16-22(32)19(28(4)5)14-7-11-6-13-15(27(2)3)8-12(9-26)20(30)18(13)21(31)17(11)24(34)25(14,35)23(16)33/h8,11,14,19,30,32,34-35H,6-7,9,26H2,1-5H3/t11?,14?,19-,25+/m0/s1. The third-order valence-corrected chi connectivity index (χ3v) is 7.59. The van der Waals surface area contributed by atoms with Gasteiger partial charge in [-0.3, -0.25) is 19.3 Å². The van der Waals surface area contributed by atoms with Gasteiger partial charge in [-0.2, -0.15) is 0 Å². The quantitative estimate of drug-likeness (QED) is 0.384. The molecule has 10 nitrogen and oxygen atoms in total. The number of phenols is 1. The van der Waals surface area contributed by atoms with Crippen LogP contribution in [0.4, 0.5) is 5.69 Å². The van der Waals surface area contributed by atoms with Crippen LogP contribution in [0.1, 0.15) is 34.8 Å². The van der Waals surface area contributed by atoms with E-state index in [2.05, 4.69) is 0 Å². The molecule has 0 aliphatic heterocycles. The number of carbonyl (C=O) groups excluding carboxylic acids is 3. The van der Waals surface area contributed by atoms with Crippen LogP contribution < -0.4 is 10.6 Å². The number of aliphatic hydroxyl groups excluding tert-OH is 2. The largest absolute Gasteiger partial charge is 0.510 e. The van der Waals surface area contributed by atoms with E-state index in [1.54, 1.807) is 44.1 Å². The highest BCUT2D eigenvalue weighted by molar-refractivity contribution is 6.25. The molecule has 4 atom stereocenters. The van der Waals surface area contributed by atoms with E-state index in [4.69, 9.17) is 5.73 Å². The van der Waals surface area contributed by atoms with Crippen LogP contribution in [0.25, 0.3) is 0 Å². The van der Waals surface area contributed by atoms with Crippen molar-refractivity contribution < 1.29 is 34.8 Å². The van der Waals surface area contributed by atoms with Crippen LogP contribution in [-0.4, -0.2) is 82.5 Å². The summed E-state index contributed by atoms with van der Waals surface area (Å²) in [5.74, 6) is -5.79. The molecule has 0 fully saturated rings. The molecule has 0 bridgehead atoms. The number of hydrogen-bond acceptors (Lipinski definition) is 10. The van der Waals surface area contributed by atoms with Crippen molar-refractivity contribution in [2.24, 2.45) is 17.6 Å². The van der Waals surface area contributed by atoms with Gasteiger partial charge in [-0.05, 0) is 51.4 Å². The van der Waals surface area contributed by atoms with Crippen LogP contribution in [0, 0.1) is 11.8 Å². The average molecular weight is 486 g/mol. The Bertz CT molecular complexity index is 1230. The Morgan fingerprint density at radius 1 is 1.17 bits per heavy atom. The molecule has 6 N–H and O–H groups in total. The molecule has 0 heterocycles. The minimum Gasteiger partial charge on any atom is -0.510 e. The highest BCUT2D eigenvalue weighted by Crippen LogP contribution is 2.53. The third-order valence-electron chi connectivity index (χ3n) is 7.59. The maximum atomic E-state index is 13.7. The smallest absolute Gasteiger partial charge is 0.209 e. The summed E-state index contributed by atoms with van der Waals surface area (Å²) in [5, 5.41) is 44.7. The fourth-order valence-electron chi connectivity index (χ4n) is 6.01. The number of aromatic hydroxyl groups is 1. The lowest BCUT2D eigenvalue weighted by Crippen LogP contribution is -2.63. The maximum Gasteiger partial charge on any atom is 0.209 e. The molecule has 2 unspecified atom stereocenters. The van der Waals surface area contributed by atoms with Crippen molar-refractivity contribution in [3.05, 3.63) is 45.4 Å². The van der Waals surface area contributed by atoms with E-state index in [1.165, 1.54) is 0 Å². The molecule has 35 heavy (non-hydrogen) atoms. The molecule has 188 valence electrons. The molecule has 4 rings (SSSR count). The number of allylic oxidation sites excluding steroid dienone is 1. The van der Waals surface area contributed by atoms with Crippen molar-refractivity contribution in [2.75, 3.05) is 33.1 Å². The molecule has 0 amide bonds. The number of likely N-dealkylation sites (N-methyl/N-ethyl adjacent to an activating group) is 1. The molecule has 3 aliphatic rings. The highest BCUT2D eigenvalue weighted by Gasteiger charge is 2.63. The highest BCUT2D eigenvalue weighted by atomic mass is 16.3. The number of hydrogen-bond donors (Lipinski definition) is 5. The molecule has 0 radical (unpaired) electrons. The van der Waals surface area contributed by atoms with E-state index in [0.29, 0.717) is 16.8 Å². The monoisotopic (exact) mass is 485 g/mol. The number of ketones is 3. The van der Waals surface area contributed by atoms with Crippen molar-refractivity contribution in [2.45, 2.75) is 38.0 Å². The lowest BCUT2D eigenvalue weighted by molar-refractivity contribution is -0.148. The Morgan fingerprint density at radius 2 is 1.80 bits per heavy atom. The van der Waals surface area contributed by atoms with E-state index in [-0.39, 0.29) is 36.3 Å². The van der Waals surface area contributed by atoms with Crippen molar-refractivity contribution in [1.82, 2.24) is 4.90 Å². The Labute approximate surface area is 202 Å². The molecule has 1 aromatic rings. The second-order valence-corrected chi connectivity index (χ2v) is 10.0. The molecular formula is C25H31N3O7. The van der Waals surface area contributed by atoms with Gasteiger partial charge in [-0.15, -0.1) is 0 Å². The van der Waals surface area contributed by atoms with Gasteiger partial charge in [-0.1, -0.05) is 0 Å². The summed E-state index contributed by atoms with van der Waals surface area (Å²) in [6.45, 7) is 1.07. The van der Waals surface area contributed by atoms with Gasteiger partial charge in [0, 0.05) is 43.4 Å². The number of carbonyl (C=O) groups is 3. The zero-order chi connectivity index (χ0) is 26.1. The first-order valence-electron chi connectivity index (χ1n) is 11.4. The van der Waals surface area contributed by atoms with E-state index < -0.39 is 57.9 Å². The van der Waals surface area contributed by atoms with Crippen LogP contribution in [0.5, 0.6) is 5.75 Å². The van der Waals surface area contributed by atoms with E-state index in [0.717, 1.165) is 6.92 Å². The number of fused-ring (bicyclic) bond motifs is 3. The van der Waals surface area contributed by atoms with Gasteiger partial charge in [0.05, 0.1) is 11.6 Å². The Morgan fingerprint density at radius 3 is 2.31 bits per heavy atom. The number of phenolic OH excluding ortho intramolecular Hbond substituents is 1. The van der Waals surface area contributed by atoms with E-state index in [1.807, 2.05) is 0 Å². The molecule has 0 aromatic heterocycles. The Kier molecular flexibility index (Phi) is 5.82. The van der Waals surface area contributed by atoms with Crippen molar-refractivity contribution in [3.8, 4) is 5.75 Å². The Hall–Kier alpha value is -3.21. The number of rotatable bonds is 4. The van der Waals surface area contributed by atoms with Gasteiger partial charge < -0.3 is 31.1 Å². The molecule has 1 aromatic carbocycles. The van der Waals surface area contributed by atoms with Crippen LogP contribution in [-0.2, 0) is 22.6 Å². The second-order valence-electron chi connectivity index (χ2n) is 10.0. The third kappa shape index (κ3) is 3.24. The molecule has 3 aliphatic carbocycles. The van der Waals surface area contributed by atoms with E-state index in [9.17, 15) is 34.8 Å². The predicted molar refractivity (Wildman–Crippen MR) is 127 cm³/mol. The van der Waals surface area contributed by atoms with Gasteiger partial charge in [0.15, 0.2) is 17.2 Å². The Balaban J connectivity index is 2.00. The van der Waals surface area contributed by atoms with E-state index >= 15 is 0 Å². The second kappa shape index (κ2) is 8.18. The van der Waals surface area contributed by atoms with Gasteiger partial charge >= 0.3 is 0 Å². The normalized spacial score (nSPS) is 28.2. The summed E-state index contributed by atoms with van der Waals surface area (Å²) in [4.78, 5) is 42.7. The van der Waals surface area contributed by atoms with Crippen LogP contribution >= 0.6 is 0 Å².